The first-order valence-corrected chi connectivity index (χ1v) is 5.22. The zero-order valence-corrected chi connectivity index (χ0v) is 9.93. The van der Waals surface area contributed by atoms with Crippen molar-refractivity contribution in [3.8, 4) is 0 Å². The number of hydrogen-bond acceptors (Lipinski definition) is 4. The predicted molar refractivity (Wildman–Crippen MR) is 58.8 cm³/mol. The molecular weight excluding hydrogens is 222 g/mol. The Morgan fingerprint density at radius 2 is 2.24 bits per heavy atom. The van der Waals surface area contributed by atoms with Crippen LogP contribution in [0.2, 0.25) is 0 Å². The van der Waals surface area contributed by atoms with E-state index in [1.807, 2.05) is 0 Å². The van der Waals surface area contributed by atoms with E-state index in [0.29, 0.717) is 5.69 Å². The highest BCUT2D eigenvalue weighted by Gasteiger charge is 2.40. The second-order valence-electron chi connectivity index (χ2n) is 4.47. The number of nitrogens with zero attached hydrogens (tertiary/aromatic N) is 3. The highest BCUT2D eigenvalue weighted by Crippen LogP contribution is 2.23. The van der Waals surface area contributed by atoms with E-state index in [0.717, 1.165) is 6.29 Å². The van der Waals surface area contributed by atoms with Crippen molar-refractivity contribution < 1.29 is 14.4 Å². The molecule has 1 aliphatic heterocycles. The quantitative estimate of drug-likeness (QED) is 0.539. The minimum atomic E-state index is -0.913. The van der Waals surface area contributed by atoms with Crippen molar-refractivity contribution >= 4 is 18.0 Å². The van der Waals surface area contributed by atoms with Crippen molar-refractivity contribution in [3.63, 3.8) is 0 Å². The van der Waals surface area contributed by atoms with Crippen molar-refractivity contribution in [2.24, 2.45) is 0 Å². The number of ketones is 1. The van der Waals surface area contributed by atoms with Gasteiger partial charge in [-0.3, -0.25) is 14.3 Å². The lowest BCUT2D eigenvalue weighted by atomic mass is 9.99. The van der Waals surface area contributed by atoms with Gasteiger partial charge in [0, 0.05) is 20.0 Å². The average molecular weight is 235 g/mol. The zero-order chi connectivity index (χ0) is 12.8. The normalized spacial score (nSPS) is 23.5. The van der Waals surface area contributed by atoms with E-state index >= 15 is 0 Å². The second kappa shape index (κ2) is 3.51. The summed E-state index contributed by atoms with van der Waals surface area (Å²) in [6.07, 6.45) is 0.725. The molecule has 0 fully saturated rings. The molecular formula is C11H13N3O3. The molecule has 2 rings (SSSR count). The first kappa shape index (κ1) is 11.5. The van der Waals surface area contributed by atoms with Crippen LogP contribution in [0.5, 0.6) is 0 Å². The number of Topliss-reactive ketones (excluding diaryl/α,β-unsaturated/α-hetero) is 1. The Morgan fingerprint density at radius 3 is 2.76 bits per heavy atom. The van der Waals surface area contributed by atoms with Gasteiger partial charge in [-0.2, -0.15) is 5.10 Å². The topological polar surface area (TPSA) is 72.3 Å². The van der Waals surface area contributed by atoms with E-state index < -0.39 is 5.54 Å². The van der Waals surface area contributed by atoms with Gasteiger partial charge in [0.15, 0.2) is 5.78 Å². The molecule has 2 heterocycles. The Kier molecular flexibility index (Phi) is 2.38. The van der Waals surface area contributed by atoms with Gasteiger partial charge in [0.25, 0.3) is 5.91 Å². The molecule has 0 spiro atoms. The highest BCUT2D eigenvalue weighted by molar-refractivity contribution is 5.99. The summed E-state index contributed by atoms with van der Waals surface area (Å²) in [4.78, 5) is 35.7. The van der Waals surface area contributed by atoms with E-state index in [1.165, 1.54) is 22.6 Å². The standard InChI is InChI=1S/C11H13N3O3/c1-7(16)8-4-9-10(17)13(3)11(2,6-15)5-14(9)12-8/h4,6H,5H2,1-3H3. The van der Waals surface area contributed by atoms with Crippen molar-refractivity contribution in [2.45, 2.75) is 25.9 Å². The van der Waals surface area contributed by atoms with Gasteiger partial charge in [0.05, 0.1) is 6.54 Å². The number of hydrogen-bond donors (Lipinski definition) is 0. The summed E-state index contributed by atoms with van der Waals surface area (Å²) in [5.41, 5.74) is -0.321. The average Bonchev–Trinajstić information content (AvgIpc) is 2.70. The minimum Gasteiger partial charge on any atom is -0.326 e. The third-order valence-electron chi connectivity index (χ3n) is 3.15. The lowest BCUT2D eigenvalue weighted by Crippen LogP contribution is -2.55. The molecule has 0 N–H and O–H groups in total. The van der Waals surface area contributed by atoms with Gasteiger partial charge in [-0.15, -0.1) is 0 Å². The largest absolute Gasteiger partial charge is 0.326 e. The van der Waals surface area contributed by atoms with Crippen LogP contribution < -0.4 is 0 Å². The molecule has 0 aliphatic carbocycles. The molecule has 6 heteroatoms. The fourth-order valence-corrected chi connectivity index (χ4v) is 1.81. The summed E-state index contributed by atoms with van der Waals surface area (Å²) in [5, 5.41) is 4.04. The minimum absolute atomic E-state index is 0.199. The van der Waals surface area contributed by atoms with Crippen LogP contribution in [-0.2, 0) is 11.3 Å². The van der Waals surface area contributed by atoms with E-state index in [4.69, 9.17) is 0 Å². The molecule has 0 aromatic carbocycles. The Balaban J connectivity index is 2.53. The maximum Gasteiger partial charge on any atom is 0.272 e. The predicted octanol–water partition coefficient (Wildman–Crippen LogP) is 0.129. The van der Waals surface area contributed by atoms with Crippen LogP contribution >= 0.6 is 0 Å². The van der Waals surface area contributed by atoms with Gasteiger partial charge < -0.3 is 9.69 Å². The third-order valence-corrected chi connectivity index (χ3v) is 3.15. The monoisotopic (exact) mass is 235 g/mol. The fourth-order valence-electron chi connectivity index (χ4n) is 1.81. The van der Waals surface area contributed by atoms with Gasteiger partial charge in [-0.25, -0.2) is 0 Å². The number of aldehydes is 1. The van der Waals surface area contributed by atoms with E-state index in [-0.39, 0.29) is 23.9 Å². The smallest absolute Gasteiger partial charge is 0.272 e. The third kappa shape index (κ3) is 1.56. The van der Waals surface area contributed by atoms with Crippen LogP contribution in [0.25, 0.3) is 0 Å². The lowest BCUT2D eigenvalue weighted by molar-refractivity contribution is -0.117. The summed E-state index contributed by atoms with van der Waals surface area (Å²) in [6, 6.07) is 1.46. The Hall–Kier alpha value is -1.98. The molecule has 1 unspecified atom stereocenters. The molecule has 17 heavy (non-hydrogen) atoms. The van der Waals surface area contributed by atoms with Crippen molar-refractivity contribution in [2.75, 3.05) is 7.05 Å². The van der Waals surface area contributed by atoms with Crippen molar-refractivity contribution in [1.29, 1.82) is 0 Å². The van der Waals surface area contributed by atoms with Gasteiger partial charge in [0.1, 0.15) is 23.2 Å². The van der Waals surface area contributed by atoms with E-state index in [1.54, 1.807) is 14.0 Å². The first-order chi connectivity index (χ1) is 7.89. The van der Waals surface area contributed by atoms with Gasteiger partial charge in [-0.05, 0) is 6.92 Å². The Morgan fingerprint density at radius 1 is 1.59 bits per heavy atom. The Labute approximate surface area is 98.2 Å². The van der Waals surface area contributed by atoms with Crippen LogP contribution in [0.4, 0.5) is 0 Å². The van der Waals surface area contributed by atoms with Crippen molar-refractivity contribution in [3.05, 3.63) is 17.5 Å². The molecule has 0 bridgehead atoms. The van der Waals surface area contributed by atoms with E-state index in [2.05, 4.69) is 5.10 Å². The molecule has 0 radical (unpaired) electrons. The Bertz CT molecular complexity index is 520. The summed E-state index contributed by atoms with van der Waals surface area (Å²) in [5.74, 6) is -0.499. The van der Waals surface area contributed by atoms with Crippen molar-refractivity contribution in [1.82, 2.24) is 14.7 Å². The molecule has 1 aromatic heterocycles. The van der Waals surface area contributed by atoms with E-state index in [9.17, 15) is 14.4 Å². The maximum absolute atomic E-state index is 12.0. The van der Waals surface area contributed by atoms with Gasteiger partial charge in [-0.1, -0.05) is 0 Å². The van der Waals surface area contributed by atoms with Gasteiger partial charge in [0.2, 0.25) is 0 Å². The number of likely N-dealkylation sites (N-methyl/N-ethyl adjacent to an activating group) is 1. The van der Waals surface area contributed by atoms with Crippen LogP contribution in [-0.4, -0.2) is 45.2 Å². The van der Waals surface area contributed by atoms with Gasteiger partial charge >= 0.3 is 0 Å². The molecule has 1 amide bonds. The summed E-state index contributed by atoms with van der Waals surface area (Å²) in [7, 11) is 1.57. The summed E-state index contributed by atoms with van der Waals surface area (Å²) < 4.78 is 1.42. The van der Waals surface area contributed by atoms with Crippen LogP contribution in [0.15, 0.2) is 6.07 Å². The number of rotatable bonds is 2. The number of carbonyl (C=O) groups is 3. The molecule has 90 valence electrons. The number of fused-ring (bicyclic) bond motifs is 1. The molecule has 1 aromatic rings. The fraction of sp³-hybridized carbons (Fsp3) is 0.455. The molecule has 1 atom stereocenters. The maximum atomic E-state index is 12.0. The van der Waals surface area contributed by atoms with Crippen LogP contribution in [0, 0.1) is 0 Å². The second-order valence-corrected chi connectivity index (χ2v) is 4.47. The van der Waals surface area contributed by atoms with Crippen LogP contribution in [0.3, 0.4) is 0 Å². The molecule has 0 saturated heterocycles. The lowest BCUT2D eigenvalue weighted by Gasteiger charge is -2.38. The first-order valence-electron chi connectivity index (χ1n) is 5.22. The highest BCUT2D eigenvalue weighted by atomic mass is 16.2. The molecule has 1 aliphatic rings. The molecule has 6 nitrogen and oxygen atoms in total. The summed E-state index contributed by atoms with van der Waals surface area (Å²) >= 11 is 0. The molecule has 0 saturated carbocycles. The van der Waals surface area contributed by atoms with Crippen LogP contribution in [0.1, 0.15) is 34.8 Å². The number of carbonyl (C=O) groups excluding carboxylic acids is 3. The number of aromatic nitrogens is 2. The summed E-state index contributed by atoms with van der Waals surface area (Å²) in [6.45, 7) is 3.32. The zero-order valence-electron chi connectivity index (χ0n) is 9.93. The number of amides is 1. The SMILES string of the molecule is CC(=O)c1cc2n(n1)CC(C)(C=O)N(C)C2=O.